The van der Waals surface area contributed by atoms with Gasteiger partial charge in [-0.2, -0.15) is 0 Å². The van der Waals surface area contributed by atoms with Gasteiger partial charge >= 0.3 is 0 Å². The van der Waals surface area contributed by atoms with Crippen LogP contribution in [0.25, 0.3) is 11.1 Å². The molecule has 3 heteroatoms. The molecule has 0 aliphatic carbocycles. The molecule has 1 N–H and O–H groups in total. The van der Waals surface area contributed by atoms with Crippen molar-refractivity contribution in [1.82, 2.24) is 0 Å². The second kappa shape index (κ2) is 4.70. The number of aldehydes is 1. The molecule has 2 aromatic carbocycles. The predicted molar refractivity (Wildman–Crippen MR) is 65.5 cm³/mol. The maximum atomic E-state index is 10.9. The lowest BCUT2D eigenvalue weighted by molar-refractivity contribution is 0.112. The fourth-order valence-corrected chi connectivity index (χ4v) is 1.71. The van der Waals surface area contributed by atoms with Gasteiger partial charge in [-0.25, -0.2) is 0 Å². The van der Waals surface area contributed by atoms with Gasteiger partial charge in [0.2, 0.25) is 0 Å². The molecule has 17 heavy (non-hydrogen) atoms. The molecule has 2 aromatic rings. The standard InChI is InChI=1S/C14H12O3/c1-17-14-8-10(6-7-13(14)16)12-5-3-2-4-11(12)9-15/h2-9,16H,1H3. The first-order valence-corrected chi connectivity index (χ1v) is 5.18. The number of methoxy groups -OCH3 is 1. The number of ether oxygens (including phenoxy) is 1. The Kier molecular flexibility index (Phi) is 3.10. The molecular formula is C14H12O3. The lowest BCUT2D eigenvalue weighted by Crippen LogP contribution is -1.89. The Morgan fingerprint density at radius 3 is 2.65 bits per heavy atom. The number of rotatable bonds is 3. The summed E-state index contributed by atoms with van der Waals surface area (Å²) < 4.78 is 5.04. The number of carbonyl (C=O) groups is 1. The highest BCUT2D eigenvalue weighted by molar-refractivity contribution is 5.87. The van der Waals surface area contributed by atoms with Crippen LogP contribution in [0.15, 0.2) is 42.5 Å². The third kappa shape index (κ3) is 2.13. The Morgan fingerprint density at radius 2 is 1.94 bits per heavy atom. The van der Waals surface area contributed by atoms with Crippen LogP contribution >= 0.6 is 0 Å². The van der Waals surface area contributed by atoms with Gasteiger partial charge in [-0.15, -0.1) is 0 Å². The lowest BCUT2D eigenvalue weighted by atomic mass is 10.00. The summed E-state index contributed by atoms with van der Waals surface area (Å²) in [6.45, 7) is 0. The average Bonchev–Trinajstić information content (AvgIpc) is 2.39. The van der Waals surface area contributed by atoms with Crippen LogP contribution in [0.1, 0.15) is 10.4 Å². The van der Waals surface area contributed by atoms with Crippen molar-refractivity contribution in [3.63, 3.8) is 0 Å². The summed E-state index contributed by atoms with van der Waals surface area (Å²) in [5, 5.41) is 9.51. The maximum absolute atomic E-state index is 10.9. The van der Waals surface area contributed by atoms with E-state index in [1.54, 1.807) is 24.3 Å². The topological polar surface area (TPSA) is 46.5 Å². The number of aromatic hydroxyl groups is 1. The second-order valence-corrected chi connectivity index (χ2v) is 3.59. The van der Waals surface area contributed by atoms with Crippen molar-refractivity contribution in [3.05, 3.63) is 48.0 Å². The number of hydrogen-bond donors (Lipinski definition) is 1. The molecule has 86 valence electrons. The first-order valence-electron chi connectivity index (χ1n) is 5.18. The van der Waals surface area contributed by atoms with E-state index < -0.39 is 0 Å². The fourth-order valence-electron chi connectivity index (χ4n) is 1.71. The van der Waals surface area contributed by atoms with Crippen molar-refractivity contribution < 1.29 is 14.6 Å². The van der Waals surface area contributed by atoms with Crippen LogP contribution in [-0.4, -0.2) is 18.5 Å². The van der Waals surface area contributed by atoms with Crippen molar-refractivity contribution in [3.8, 4) is 22.6 Å². The molecule has 0 aliphatic rings. The molecule has 0 saturated heterocycles. The smallest absolute Gasteiger partial charge is 0.161 e. The third-order valence-electron chi connectivity index (χ3n) is 2.58. The number of benzene rings is 2. The zero-order valence-corrected chi connectivity index (χ0v) is 9.38. The zero-order chi connectivity index (χ0) is 12.3. The molecule has 2 rings (SSSR count). The van der Waals surface area contributed by atoms with Crippen molar-refractivity contribution in [2.75, 3.05) is 7.11 Å². The van der Waals surface area contributed by atoms with Gasteiger partial charge in [0.1, 0.15) is 0 Å². The van der Waals surface area contributed by atoms with Crippen molar-refractivity contribution in [2.45, 2.75) is 0 Å². The van der Waals surface area contributed by atoms with Gasteiger partial charge in [0.25, 0.3) is 0 Å². The van der Waals surface area contributed by atoms with Crippen LogP contribution in [0.4, 0.5) is 0 Å². The van der Waals surface area contributed by atoms with E-state index in [9.17, 15) is 9.90 Å². The van der Waals surface area contributed by atoms with Crippen LogP contribution in [0.3, 0.4) is 0 Å². The Labute approximate surface area is 99.3 Å². The molecule has 0 atom stereocenters. The van der Waals surface area contributed by atoms with Crippen molar-refractivity contribution in [2.24, 2.45) is 0 Å². The van der Waals surface area contributed by atoms with E-state index in [0.717, 1.165) is 17.4 Å². The van der Waals surface area contributed by atoms with E-state index in [1.165, 1.54) is 7.11 Å². The highest BCUT2D eigenvalue weighted by atomic mass is 16.5. The molecular weight excluding hydrogens is 216 g/mol. The second-order valence-electron chi connectivity index (χ2n) is 3.59. The molecule has 0 fully saturated rings. The number of phenols is 1. The van der Waals surface area contributed by atoms with E-state index in [0.29, 0.717) is 11.3 Å². The van der Waals surface area contributed by atoms with Crippen LogP contribution in [-0.2, 0) is 0 Å². The predicted octanol–water partition coefficient (Wildman–Crippen LogP) is 2.88. The first-order chi connectivity index (χ1) is 8.26. The molecule has 0 bridgehead atoms. The van der Waals surface area contributed by atoms with Gasteiger partial charge in [0, 0.05) is 5.56 Å². The summed E-state index contributed by atoms with van der Waals surface area (Å²) in [6.07, 6.45) is 0.814. The van der Waals surface area contributed by atoms with Crippen molar-refractivity contribution >= 4 is 6.29 Å². The van der Waals surface area contributed by atoms with Gasteiger partial charge in [0.05, 0.1) is 7.11 Å². The van der Waals surface area contributed by atoms with E-state index in [4.69, 9.17) is 4.74 Å². The van der Waals surface area contributed by atoms with Crippen LogP contribution < -0.4 is 4.74 Å². The Balaban J connectivity index is 2.56. The Morgan fingerprint density at radius 1 is 1.18 bits per heavy atom. The van der Waals surface area contributed by atoms with E-state index in [2.05, 4.69) is 0 Å². The van der Waals surface area contributed by atoms with E-state index >= 15 is 0 Å². The molecule has 0 saturated carbocycles. The molecule has 0 unspecified atom stereocenters. The Bertz CT molecular complexity index is 547. The van der Waals surface area contributed by atoms with Crippen molar-refractivity contribution in [1.29, 1.82) is 0 Å². The summed E-state index contributed by atoms with van der Waals surface area (Å²) in [5.41, 5.74) is 2.27. The Hall–Kier alpha value is -2.29. The van der Waals surface area contributed by atoms with Gasteiger partial charge in [-0.1, -0.05) is 30.3 Å². The summed E-state index contributed by atoms with van der Waals surface area (Å²) in [4.78, 5) is 10.9. The molecule has 3 nitrogen and oxygen atoms in total. The minimum Gasteiger partial charge on any atom is -0.504 e. The zero-order valence-electron chi connectivity index (χ0n) is 9.38. The molecule has 0 aliphatic heterocycles. The number of phenolic OH excluding ortho intramolecular Hbond substituents is 1. The van der Waals surface area contributed by atoms with Gasteiger partial charge in [-0.05, 0) is 23.3 Å². The van der Waals surface area contributed by atoms with Crippen LogP contribution in [0.2, 0.25) is 0 Å². The fraction of sp³-hybridized carbons (Fsp3) is 0.0714. The largest absolute Gasteiger partial charge is 0.504 e. The highest BCUT2D eigenvalue weighted by Crippen LogP contribution is 2.32. The normalized spacial score (nSPS) is 9.94. The van der Waals surface area contributed by atoms with Gasteiger partial charge in [0.15, 0.2) is 17.8 Å². The third-order valence-corrected chi connectivity index (χ3v) is 2.58. The highest BCUT2D eigenvalue weighted by Gasteiger charge is 2.07. The SMILES string of the molecule is COc1cc(-c2ccccc2C=O)ccc1O. The first kappa shape index (κ1) is 11.2. The monoisotopic (exact) mass is 228 g/mol. The lowest BCUT2D eigenvalue weighted by Gasteiger charge is -2.08. The maximum Gasteiger partial charge on any atom is 0.161 e. The minimum absolute atomic E-state index is 0.0832. The van der Waals surface area contributed by atoms with Gasteiger partial charge in [-0.3, -0.25) is 4.79 Å². The molecule has 0 amide bonds. The van der Waals surface area contributed by atoms with E-state index in [1.807, 2.05) is 18.2 Å². The molecule has 0 heterocycles. The summed E-state index contributed by atoms with van der Waals surface area (Å²) >= 11 is 0. The molecule has 0 spiro atoms. The summed E-state index contributed by atoms with van der Waals surface area (Å²) in [7, 11) is 1.49. The van der Waals surface area contributed by atoms with Crippen LogP contribution in [0.5, 0.6) is 11.5 Å². The number of carbonyl (C=O) groups excluding carboxylic acids is 1. The van der Waals surface area contributed by atoms with Gasteiger partial charge < -0.3 is 9.84 Å². The number of hydrogen-bond acceptors (Lipinski definition) is 3. The minimum atomic E-state index is 0.0832. The summed E-state index contributed by atoms with van der Waals surface area (Å²) in [6, 6.07) is 12.3. The van der Waals surface area contributed by atoms with E-state index in [-0.39, 0.29) is 5.75 Å². The average molecular weight is 228 g/mol. The van der Waals surface area contributed by atoms with Crippen LogP contribution in [0, 0.1) is 0 Å². The molecule has 0 radical (unpaired) electrons. The quantitative estimate of drug-likeness (QED) is 0.821. The summed E-state index contributed by atoms with van der Waals surface area (Å²) in [5.74, 6) is 0.475. The molecule has 0 aromatic heterocycles.